The Bertz CT molecular complexity index is 3330. The van der Waals surface area contributed by atoms with Gasteiger partial charge in [-0.05, 0) is 85.2 Å². The number of phenolic OH excluding ortho intramolecular Hbond substituents is 1. The van der Waals surface area contributed by atoms with Crippen molar-refractivity contribution in [2.75, 3.05) is 18.1 Å². The van der Waals surface area contributed by atoms with E-state index in [1.54, 1.807) is 115 Å². The molecule has 0 spiro atoms. The highest BCUT2D eigenvalue weighted by molar-refractivity contribution is 8.76. The molecule has 0 bridgehead atoms. The molecule has 6 aromatic rings. The maximum absolute atomic E-state index is 15.1. The van der Waals surface area contributed by atoms with E-state index < -0.39 is 114 Å². The minimum atomic E-state index is -1.74. The highest BCUT2D eigenvalue weighted by atomic mass is 33.1. The van der Waals surface area contributed by atoms with Crippen molar-refractivity contribution in [2.24, 2.45) is 11.5 Å². The Morgan fingerprint density at radius 3 is 1.56 bits per heavy atom. The molecule has 10 atom stereocenters. The first kappa shape index (κ1) is 66.8. The second-order valence-corrected chi connectivity index (χ2v) is 24.0. The summed E-state index contributed by atoms with van der Waals surface area (Å²) in [5.74, 6) is -9.05. The SMILES string of the molecule is C[C@@H](O)[C@H]1NC(=O)[C@H](CCCCN)NC(=O)[C@H](Cc2c[nH]c3ccccc23)NC(=O)[C@H](Cc2ccccc2)NC(=O)[C@H](Cc2ccccc2)NC(=O)[C@@H](NC(=O)[C@@H](N)Cc2ccc(O)cc2)CSSC[C@@H](C(=O)O)NC(=O)[C@H](Cc2ccccc2)NC1=O. The molecule has 466 valence electrons. The van der Waals surface area contributed by atoms with Gasteiger partial charge in [-0.2, -0.15) is 0 Å². The molecule has 1 aromatic heterocycles. The number of carboxylic acid groups (broad SMARTS) is 1. The van der Waals surface area contributed by atoms with Crippen LogP contribution in [0.25, 0.3) is 10.9 Å². The lowest BCUT2D eigenvalue weighted by atomic mass is 10.00. The molecule has 1 aliphatic rings. The van der Waals surface area contributed by atoms with Crippen LogP contribution in [0.4, 0.5) is 0 Å². The Morgan fingerprint density at radius 2 is 1.02 bits per heavy atom. The van der Waals surface area contributed by atoms with Crippen molar-refractivity contribution >= 4 is 85.7 Å². The third-order valence-corrected chi connectivity index (χ3v) is 17.1. The lowest BCUT2D eigenvalue weighted by Gasteiger charge is -2.29. The van der Waals surface area contributed by atoms with Crippen LogP contribution in [0.3, 0.4) is 0 Å². The van der Waals surface area contributed by atoms with Crippen molar-refractivity contribution in [3.63, 3.8) is 0 Å². The highest BCUT2D eigenvalue weighted by Crippen LogP contribution is 2.25. The summed E-state index contributed by atoms with van der Waals surface area (Å²) in [6, 6.07) is 26.0. The first-order valence-electron chi connectivity index (χ1n) is 28.8. The topological polar surface area (TPSA) is 378 Å². The van der Waals surface area contributed by atoms with Gasteiger partial charge >= 0.3 is 5.97 Å². The van der Waals surface area contributed by atoms with Crippen LogP contribution in [0, 0.1) is 0 Å². The molecule has 0 radical (unpaired) electrons. The number of carboxylic acids is 1. The van der Waals surface area contributed by atoms with Crippen molar-refractivity contribution in [3.8, 4) is 5.75 Å². The number of unbranched alkanes of at least 4 members (excludes halogenated alkanes) is 1. The lowest BCUT2D eigenvalue weighted by Crippen LogP contribution is -2.62. The fraction of sp³-hybridized carbons (Fsp3) is 0.349. The third kappa shape index (κ3) is 20.2. The summed E-state index contributed by atoms with van der Waals surface area (Å²) in [5, 5.41) is 53.8. The Morgan fingerprint density at radius 1 is 0.557 bits per heavy atom. The number of hydrogen-bond acceptors (Lipinski definition) is 15. The van der Waals surface area contributed by atoms with E-state index >= 15 is 14.4 Å². The number of aliphatic hydroxyl groups excluding tert-OH is 1. The van der Waals surface area contributed by atoms with Crippen LogP contribution < -0.4 is 54.0 Å². The maximum atomic E-state index is 15.1. The number of hydrogen-bond donors (Lipinski definition) is 14. The lowest BCUT2D eigenvalue weighted by molar-refractivity contribution is -0.141. The molecule has 88 heavy (non-hydrogen) atoms. The van der Waals surface area contributed by atoms with Gasteiger partial charge in [0.1, 0.15) is 54.1 Å². The second-order valence-electron chi connectivity index (χ2n) is 21.5. The summed E-state index contributed by atoms with van der Waals surface area (Å²) in [4.78, 5) is 133. The predicted molar refractivity (Wildman–Crippen MR) is 335 cm³/mol. The summed E-state index contributed by atoms with van der Waals surface area (Å²) < 4.78 is 0. The van der Waals surface area contributed by atoms with E-state index in [1.807, 2.05) is 18.2 Å². The number of aromatic amines is 1. The van der Waals surface area contributed by atoms with Crippen molar-refractivity contribution in [2.45, 2.75) is 119 Å². The molecular formula is C63H75N11O12S2. The van der Waals surface area contributed by atoms with Gasteiger partial charge in [0.15, 0.2) is 0 Å². The van der Waals surface area contributed by atoms with Gasteiger partial charge in [-0.15, -0.1) is 0 Å². The summed E-state index contributed by atoms with van der Waals surface area (Å²) in [5.41, 5.74) is 15.9. The maximum Gasteiger partial charge on any atom is 0.327 e. The fourth-order valence-corrected chi connectivity index (χ4v) is 12.1. The molecule has 0 saturated carbocycles. The zero-order chi connectivity index (χ0) is 63.1. The Labute approximate surface area is 516 Å². The highest BCUT2D eigenvalue weighted by Gasteiger charge is 2.37. The number of nitrogens with one attached hydrogen (secondary N) is 9. The minimum Gasteiger partial charge on any atom is -0.508 e. The molecular weight excluding hydrogens is 1170 g/mol. The van der Waals surface area contributed by atoms with Gasteiger partial charge in [0.05, 0.1) is 12.1 Å². The first-order chi connectivity index (χ1) is 42.3. The number of carbonyl (C=O) groups is 9. The number of aromatic nitrogens is 1. The van der Waals surface area contributed by atoms with Gasteiger partial charge in [0, 0.05) is 54.3 Å². The van der Waals surface area contributed by atoms with Crippen molar-refractivity contribution in [1.29, 1.82) is 0 Å². The van der Waals surface area contributed by atoms with E-state index in [0.29, 0.717) is 40.7 Å². The van der Waals surface area contributed by atoms with E-state index in [0.717, 1.165) is 32.5 Å². The number of nitrogens with two attached hydrogens (primary N) is 2. The zero-order valence-electron chi connectivity index (χ0n) is 48.4. The minimum absolute atomic E-state index is 0.00777. The summed E-state index contributed by atoms with van der Waals surface area (Å²) in [6.45, 7) is 1.46. The molecule has 25 heteroatoms. The molecule has 1 saturated heterocycles. The van der Waals surface area contributed by atoms with Crippen molar-refractivity contribution in [1.82, 2.24) is 47.5 Å². The third-order valence-electron chi connectivity index (χ3n) is 14.7. The van der Waals surface area contributed by atoms with E-state index in [9.17, 15) is 44.1 Å². The number of phenols is 1. The molecule has 7 rings (SSSR count). The smallest absolute Gasteiger partial charge is 0.327 e. The molecule has 16 N–H and O–H groups in total. The summed E-state index contributed by atoms with van der Waals surface area (Å²) in [7, 11) is 1.89. The molecule has 0 aliphatic carbocycles. The fourth-order valence-electron chi connectivity index (χ4n) is 9.80. The number of amides is 8. The van der Waals surface area contributed by atoms with E-state index in [1.165, 1.54) is 19.1 Å². The Hall–Kier alpha value is -8.75. The van der Waals surface area contributed by atoms with Crippen LogP contribution in [-0.4, -0.2) is 152 Å². The van der Waals surface area contributed by atoms with Crippen molar-refractivity contribution in [3.05, 3.63) is 174 Å². The average Bonchev–Trinajstić information content (AvgIpc) is 4.10. The van der Waals surface area contributed by atoms with Gasteiger partial charge < -0.3 is 74.3 Å². The predicted octanol–water partition coefficient (Wildman–Crippen LogP) is 1.58. The molecule has 1 aliphatic heterocycles. The van der Waals surface area contributed by atoms with Crippen LogP contribution >= 0.6 is 21.6 Å². The number of fused-ring (bicyclic) bond motifs is 1. The van der Waals surface area contributed by atoms with Crippen LogP contribution in [0.15, 0.2) is 146 Å². The second kappa shape index (κ2) is 33.4. The number of aliphatic carboxylic acids is 1. The van der Waals surface area contributed by atoms with Crippen LogP contribution in [0.2, 0.25) is 0 Å². The van der Waals surface area contributed by atoms with E-state index in [4.69, 9.17) is 11.5 Å². The van der Waals surface area contributed by atoms with Gasteiger partial charge in [0.25, 0.3) is 0 Å². The van der Waals surface area contributed by atoms with Crippen LogP contribution in [0.1, 0.15) is 54.0 Å². The Balaban J connectivity index is 1.29. The molecule has 8 amide bonds. The van der Waals surface area contributed by atoms with Crippen molar-refractivity contribution < 1.29 is 58.5 Å². The summed E-state index contributed by atoms with van der Waals surface area (Å²) >= 11 is 0. The number of H-pyrrole nitrogens is 1. The molecule has 1 fully saturated rings. The quantitative estimate of drug-likeness (QED) is 0.0429. The largest absolute Gasteiger partial charge is 0.508 e. The molecule has 5 aromatic carbocycles. The van der Waals surface area contributed by atoms with E-state index in [-0.39, 0.29) is 62.3 Å². The molecule has 2 heterocycles. The number of aromatic hydroxyl groups is 1. The monoisotopic (exact) mass is 1240 g/mol. The number of para-hydroxylation sites is 1. The van der Waals surface area contributed by atoms with Crippen LogP contribution in [-0.2, 0) is 75.3 Å². The molecule has 0 unspecified atom stereocenters. The standard InChI is InChI=1S/C63H75N11O12S2/c1-37(75)54-62(84)71-50(32-40-19-9-4-10-20-40)59(81)73-53(63(85)86)36-88-87-35-52(72-55(77)45(65)29-41-24-26-43(76)27-25-41)61(83)69-49(31-39-17-7-3-8-18-39)57(79)68-48(30-38-15-5-2-6-16-38)58(80)70-51(33-42-34-66-46-22-12-11-21-44(42)46)60(82)67-47(56(78)74-54)23-13-14-28-64/h2-12,15-22,24-27,34,37,45,47-54,66,75-76H,13-14,23,28-33,35-36,64-65H2,1H3,(H,67,82)(H,68,79)(H,69,83)(H,70,80)(H,71,84)(H,72,77)(H,73,81)(H,74,78)(H,85,86)/t37-,45+,47+,48+,49+,50+,51+,52+,53+,54-/m1/s1. The van der Waals surface area contributed by atoms with E-state index in [2.05, 4.69) is 47.5 Å². The zero-order valence-corrected chi connectivity index (χ0v) is 50.0. The number of benzene rings is 5. The number of rotatable bonds is 18. The first-order valence-corrected chi connectivity index (χ1v) is 31.3. The van der Waals surface area contributed by atoms with Gasteiger partial charge in [-0.3, -0.25) is 38.4 Å². The van der Waals surface area contributed by atoms with Gasteiger partial charge in [0.2, 0.25) is 47.3 Å². The van der Waals surface area contributed by atoms with Gasteiger partial charge in [-0.25, -0.2) is 4.79 Å². The van der Waals surface area contributed by atoms with Gasteiger partial charge in [-0.1, -0.05) is 143 Å². The number of aliphatic hydroxyl groups is 1. The normalized spacial score (nSPS) is 22.3. The number of carbonyl (C=O) groups excluding carboxylic acids is 8. The summed E-state index contributed by atoms with van der Waals surface area (Å²) in [6.07, 6.45) is 0.206. The van der Waals surface area contributed by atoms with Crippen LogP contribution in [0.5, 0.6) is 5.75 Å². The average molecular weight is 1240 g/mol. The Kier molecular flexibility index (Phi) is 25.3. The molecule has 23 nitrogen and oxygen atoms in total.